The third kappa shape index (κ3) is 3.58. The molecule has 0 radical (unpaired) electrons. The zero-order valence-corrected chi connectivity index (χ0v) is 14.0. The molecule has 2 aromatic rings. The number of carbonyl (C=O) groups is 1. The summed E-state index contributed by atoms with van der Waals surface area (Å²) in [4.78, 5) is 18.6. The van der Waals surface area contributed by atoms with E-state index in [0.717, 1.165) is 36.4 Å². The van der Waals surface area contributed by atoms with E-state index >= 15 is 0 Å². The second-order valence-electron chi connectivity index (χ2n) is 6.38. The number of likely N-dealkylation sites (tertiary alicyclic amines) is 1. The van der Waals surface area contributed by atoms with Gasteiger partial charge in [-0.25, -0.2) is 0 Å². The highest BCUT2D eigenvalue weighted by Crippen LogP contribution is 2.38. The number of hydrogen-bond acceptors (Lipinski definition) is 5. The van der Waals surface area contributed by atoms with Crippen molar-refractivity contribution in [3.05, 3.63) is 53.9 Å². The Morgan fingerprint density at radius 3 is 3.08 bits per heavy atom. The Balaban J connectivity index is 1.37. The van der Waals surface area contributed by atoms with Crippen molar-refractivity contribution in [3.63, 3.8) is 0 Å². The Labute approximate surface area is 146 Å². The van der Waals surface area contributed by atoms with Gasteiger partial charge in [-0.3, -0.25) is 14.7 Å². The van der Waals surface area contributed by atoms with E-state index in [9.17, 15) is 4.79 Å². The number of rotatable bonds is 5. The van der Waals surface area contributed by atoms with Crippen LogP contribution in [0.4, 0.5) is 0 Å². The summed E-state index contributed by atoms with van der Waals surface area (Å²) in [5.74, 6) is 1.63. The third-order valence-corrected chi connectivity index (χ3v) is 4.70. The van der Waals surface area contributed by atoms with Crippen LogP contribution >= 0.6 is 0 Å². The van der Waals surface area contributed by atoms with Gasteiger partial charge in [0.2, 0.25) is 12.7 Å². The number of fused-ring (bicyclic) bond motifs is 1. The molecule has 2 aliphatic heterocycles. The minimum absolute atomic E-state index is 0.0384. The van der Waals surface area contributed by atoms with Crippen LogP contribution in [0.2, 0.25) is 0 Å². The van der Waals surface area contributed by atoms with Gasteiger partial charge in [0.15, 0.2) is 11.5 Å². The minimum Gasteiger partial charge on any atom is -0.454 e. The highest BCUT2D eigenvalue weighted by molar-refractivity contribution is 5.78. The van der Waals surface area contributed by atoms with Crippen molar-refractivity contribution in [2.75, 3.05) is 19.9 Å². The molecule has 3 heterocycles. The molecule has 1 aromatic carbocycles. The largest absolute Gasteiger partial charge is 0.454 e. The lowest BCUT2D eigenvalue weighted by Crippen LogP contribution is -2.36. The molecule has 130 valence electrons. The molecule has 1 aromatic heterocycles. The Morgan fingerprint density at radius 2 is 2.20 bits per heavy atom. The Morgan fingerprint density at radius 1 is 1.28 bits per heavy atom. The van der Waals surface area contributed by atoms with Crippen molar-refractivity contribution in [2.24, 2.45) is 0 Å². The molecule has 0 saturated carbocycles. The van der Waals surface area contributed by atoms with E-state index in [1.807, 2.05) is 24.3 Å². The quantitative estimate of drug-likeness (QED) is 0.905. The fourth-order valence-electron chi connectivity index (χ4n) is 3.46. The van der Waals surface area contributed by atoms with E-state index < -0.39 is 0 Å². The Hall–Kier alpha value is -2.60. The standard InChI is InChI=1S/C19H21N3O3/c23-19(21-11-14-3-1-7-20-10-14)12-22-8-2-4-16(22)15-5-6-17-18(9-15)25-13-24-17/h1,3,5-7,9-10,16H,2,4,8,11-13H2,(H,21,23). The maximum absolute atomic E-state index is 12.3. The number of carbonyl (C=O) groups excluding carboxylic acids is 1. The Kier molecular flexibility index (Phi) is 4.52. The number of amides is 1. The van der Waals surface area contributed by atoms with Crippen molar-refractivity contribution in [1.82, 2.24) is 15.2 Å². The molecular formula is C19H21N3O3. The first-order chi connectivity index (χ1) is 12.3. The van der Waals surface area contributed by atoms with Crippen LogP contribution in [0.1, 0.15) is 30.0 Å². The van der Waals surface area contributed by atoms with Crippen LogP contribution in [-0.4, -0.2) is 35.7 Å². The van der Waals surface area contributed by atoms with Gasteiger partial charge in [-0.2, -0.15) is 0 Å². The number of pyridine rings is 1. The molecule has 6 heteroatoms. The van der Waals surface area contributed by atoms with Crippen molar-refractivity contribution in [3.8, 4) is 11.5 Å². The molecule has 2 aliphatic rings. The number of aromatic nitrogens is 1. The topological polar surface area (TPSA) is 63.7 Å². The lowest BCUT2D eigenvalue weighted by atomic mass is 10.0. The smallest absolute Gasteiger partial charge is 0.234 e. The monoisotopic (exact) mass is 339 g/mol. The van der Waals surface area contributed by atoms with E-state index in [4.69, 9.17) is 9.47 Å². The lowest BCUT2D eigenvalue weighted by Gasteiger charge is -2.24. The van der Waals surface area contributed by atoms with Gasteiger partial charge in [-0.05, 0) is 48.7 Å². The predicted octanol–water partition coefficient (Wildman–Crippen LogP) is 2.26. The molecule has 1 atom stereocenters. The van der Waals surface area contributed by atoms with Crippen LogP contribution in [0.5, 0.6) is 11.5 Å². The van der Waals surface area contributed by atoms with E-state index in [1.54, 1.807) is 12.4 Å². The zero-order valence-electron chi connectivity index (χ0n) is 14.0. The van der Waals surface area contributed by atoms with Gasteiger partial charge in [0.05, 0.1) is 6.54 Å². The van der Waals surface area contributed by atoms with Crippen molar-refractivity contribution in [1.29, 1.82) is 0 Å². The van der Waals surface area contributed by atoms with Crippen molar-refractivity contribution >= 4 is 5.91 Å². The minimum atomic E-state index is 0.0384. The summed E-state index contributed by atoms with van der Waals surface area (Å²) < 4.78 is 10.9. The number of benzene rings is 1. The lowest BCUT2D eigenvalue weighted by molar-refractivity contribution is -0.122. The third-order valence-electron chi connectivity index (χ3n) is 4.70. The van der Waals surface area contributed by atoms with Crippen molar-refractivity contribution < 1.29 is 14.3 Å². The van der Waals surface area contributed by atoms with E-state index in [0.29, 0.717) is 13.1 Å². The SMILES string of the molecule is O=C(CN1CCCC1c1ccc2c(c1)OCO2)NCc1cccnc1. The molecule has 4 rings (SSSR count). The number of hydrogen-bond donors (Lipinski definition) is 1. The molecule has 1 N–H and O–H groups in total. The number of nitrogens with one attached hydrogen (secondary N) is 1. The van der Waals surface area contributed by atoms with Crippen LogP contribution in [0.25, 0.3) is 0 Å². The number of ether oxygens (including phenoxy) is 2. The van der Waals surface area contributed by atoms with Crippen LogP contribution < -0.4 is 14.8 Å². The molecule has 25 heavy (non-hydrogen) atoms. The van der Waals surface area contributed by atoms with E-state index in [1.165, 1.54) is 5.56 Å². The average Bonchev–Trinajstić information content (AvgIpc) is 3.29. The molecule has 1 amide bonds. The molecule has 0 aliphatic carbocycles. The van der Waals surface area contributed by atoms with Crippen LogP contribution in [-0.2, 0) is 11.3 Å². The summed E-state index contributed by atoms with van der Waals surface area (Å²) in [5.41, 5.74) is 2.19. The first-order valence-corrected chi connectivity index (χ1v) is 8.59. The fraction of sp³-hybridized carbons (Fsp3) is 0.368. The highest BCUT2D eigenvalue weighted by Gasteiger charge is 2.28. The van der Waals surface area contributed by atoms with Gasteiger partial charge in [0.25, 0.3) is 0 Å². The summed E-state index contributed by atoms with van der Waals surface area (Å²) in [6.45, 7) is 2.12. The molecule has 6 nitrogen and oxygen atoms in total. The number of nitrogens with zero attached hydrogens (tertiary/aromatic N) is 2. The highest BCUT2D eigenvalue weighted by atomic mass is 16.7. The molecule has 1 saturated heterocycles. The van der Waals surface area contributed by atoms with Gasteiger partial charge < -0.3 is 14.8 Å². The first-order valence-electron chi connectivity index (χ1n) is 8.59. The average molecular weight is 339 g/mol. The van der Waals surface area contributed by atoms with Crippen LogP contribution in [0, 0.1) is 0 Å². The van der Waals surface area contributed by atoms with E-state index in [2.05, 4.69) is 21.3 Å². The summed E-state index contributed by atoms with van der Waals surface area (Å²) >= 11 is 0. The van der Waals surface area contributed by atoms with Crippen LogP contribution in [0.15, 0.2) is 42.7 Å². The second kappa shape index (κ2) is 7.11. The summed E-state index contributed by atoms with van der Waals surface area (Å²) in [6.07, 6.45) is 5.64. The maximum Gasteiger partial charge on any atom is 0.234 e. The maximum atomic E-state index is 12.3. The molecule has 0 bridgehead atoms. The zero-order chi connectivity index (χ0) is 17.1. The molecule has 1 unspecified atom stereocenters. The second-order valence-corrected chi connectivity index (χ2v) is 6.38. The summed E-state index contributed by atoms with van der Waals surface area (Å²) in [6, 6.07) is 10.1. The van der Waals surface area contributed by atoms with Crippen LogP contribution in [0.3, 0.4) is 0 Å². The van der Waals surface area contributed by atoms with Gasteiger partial charge in [0.1, 0.15) is 0 Å². The van der Waals surface area contributed by atoms with Gasteiger partial charge in [-0.1, -0.05) is 12.1 Å². The van der Waals surface area contributed by atoms with Gasteiger partial charge >= 0.3 is 0 Å². The molecule has 0 spiro atoms. The summed E-state index contributed by atoms with van der Waals surface area (Å²) in [5, 5.41) is 2.97. The predicted molar refractivity (Wildman–Crippen MR) is 92.2 cm³/mol. The first kappa shape index (κ1) is 15.9. The van der Waals surface area contributed by atoms with Gasteiger partial charge in [-0.15, -0.1) is 0 Å². The fourth-order valence-corrected chi connectivity index (χ4v) is 3.46. The molecular weight excluding hydrogens is 318 g/mol. The normalized spacial score (nSPS) is 19.1. The molecule has 1 fully saturated rings. The Bertz CT molecular complexity index is 751. The van der Waals surface area contributed by atoms with E-state index in [-0.39, 0.29) is 18.7 Å². The van der Waals surface area contributed by atoms with Gasteiger partial charge in [0, 0.05) is 25.0 Å². The summed E-state index contributed by atoms with van der Waals surface area (Å²) in [7, 11) is 0. The van der Waals surface area contributed by atoms with Crippen molar-refractivity contribution in [2.45, 2.75) is 25.4 Å².